The fourth-order valence-corrected chi connectivity index (χ4v) is 2.20. The summed E-state index contributed by atoms with van der Waals surface area (Å²) in [7, 11) is 0. The van der Waals surface area contributed by atoms with E-state index in [0.717, 1.165) is 31.4 Å². The van der Waals surface area contributed by atoms with Gasteiger partial charge in [0.15, 0.2) is 0 Å². The molecule has 0 aromatic carbocycles. The molecule has 2 rings (SSSR count). The molecule has 1 fully saturated rings. The van der Waals surface area contributed by atoms with Crippen molar-refractivity contribution in [3.63, 3.8) is 0 Å². The van der Waals surface area contributed by atoms with E-state index in [1.54, 1.807) is 6.20 Å². The summed E-state index contributed by atoms with van der Waals surface area (Å²) in [6, 6.07) is 3.86. The molecule has 4 heteroatoms. The average molecular weight is 221 g/mol. The topological polar surface area (TPSA) is 71.2 Å². The second-order valence-corrected chi connectivity index (χ2v) is 4.39. The highest BCUT2D eigenvalue weighted by atomic mass is 16.3. The van der Waals surface area contributed by atoms with Crippen molar-refractivity contribution < 1.29 is 5.11 Å². The van der Waals surface area contributed by atoms with E-state index >= 15 is 0 Å². The summed E-state index contributed by atoms with van der Waals surface area (Å²) >= 11 is 0. The fourth-order valence-electron chi connectivity index (χ4n) is 2.20. The van der Waals surface area contributed by atoms with Crippen molar-refractivity contribution in [3.8, 4) is 0 Å². The smallest absolute Gasteiger partial charge is 0.146 e. The zero-order chi connectivity index (χ0) is 11.4. The van der Waals surface area contributed by atoms with Gasteiger partial charge in [0.2, 0.25) is 0 Å². The van der Waals surface area contributed by atoms with Gasteiger partial charge >= 0.3 is 0 Å². The van der Waals surface area contributed by atoms with Crippen LogP contribution in [0.5, 0.6) is 0 Å². The number of aliphatic hydroxyl groups is 1. The molecule has 4 nitrogen and oxygen atoms in total. The Balaban J connectivity index is 2.05. The maximum Gasteiger partial charge on any atom is 0.146 e. The number of rotatable bonds is 2. The molecule has 0 bridgehead atoms. The first-order valence-corrected chi connectivity index (χ1v) is 5.92. The second-order valence-electron chi connectivity index (χ2n) is 4.39. The standard InChI is InChI=1S/C12H19N3O/c13-12-10(6-4-8-14-12)15-9-5-2-1-3-7-11(9)16/h4,6,8-9,11,15-16H,1-3,5,7H2,(H2,13,14). The Morgan fingerprint density at radius 1 is 1.31 bits per heavy atom. The molecule has 0 amide bonds. The minimum atomic E-state index is -0.276. The minimum Gasteiger partial charge on any atom is -0.391 e. The van der Waals surface area contributed by atoms with Crippen LogP contribution in [0.25, 0.3) is 0 Å². The molecule has 1 aromatic rings. The molecule has 16 heavy (non-hydrogen) atoms. The number of nitrogen functional groups attached to an aromatic ring is 1. The van der Waals surface area contributed by atoms with Gasteiger partial charge in [0.1, 0.15) is 5.82 Å². The molecule has 88 valence electrons. The summed E-state index contributed by atoms with van der Waals surface area (Å²) in [5.41, 5.74) is 6.59. The number of nitrogens with zero attached hydrogens (tertiary/aromatic N) is 1. The molecule has 4 N–H and O–H groups in total. The third-order valence-corrected chi connectivity index (χ3v) is 3.16. The van der Waals surface area contributed by atoms with Gasteiger partial charge in [-0.25, -0.2) is 4.98 Å². The first-order valence-electron chi connectivity index (χ1n) is 5.92. The number of hydrogen-bond acceptors (Lipinski definition) is 4. The third kappa shape index (κ3) is 2.64. The normalized spacial score (nSPS) is 26.1. The molecule has 0 radical (unpaired) electrons. The average Bonchev–Trinajstić information content (AvgIpc) is 2.48. The van der Waals surface area contributed by atoms with E-state index in [4.69, 9.17) is 5.73 Å². The fraction of sp³-hybridized carbons (Fsp3) is 0.583. The van der Waals surface area contributed by atoms with Crippen LogP contribution in [0.4, 0.5) is 11.5 Å². The summed E-state index contributed by atoms with van der Waals surface area (Å²) in [5, 5.41) is 13.3. The number of nitrogens with two attached hydrogens (primary N) is 1. The van der Waals surface area contributed by atoms with Gasteiger partial charge in [0.05, 0.1) is 17.8 Å². The Bertz CT molecular complexity index is 343. The molecular weight excluding hydrogens is 202 g/mol. The lowest BCUT2D eigenvalue weighted by Crippen LogP contribution is -2.32. The van der Waals surface area contributed by atoms with Gasteiger partial charge in [0.25, 0.3) is 0 Å². The molecule has 2 unspecified atom stereocenters. The number of anilines is 2. The molecule has 0 aliphatic heterocycles. The summed E-state index contributed by atoms with van der Waals surface area (Å²) in [6.45, 7) is 0. The molecular formula is C12H19N3O. The Hall–Kier alpha value is -1.29. The third-order valence-electron chi connectivity index (χ3n) is 3.16. The molecule has 1 aromatic heterocycles. The zero-order valence-corrected chi connectivity index (χ0v) is 9.39. The summed E-state index contributed by atoms with van der Waals surface area (Å²) in [4.78, 5) is 4.03. The van der Waals surface area contributed by atoms with E-state index in [-0.39, 0.29) is 12.1 Å². The van der Waals surface area contributed by atoms with Crippen molar-refractivity contribution in [3.05, 3.63) is 18.3 Å². The van der Waals surface area contributed by atoms with Gasteiger partial charge in [-0.3, -0.25) is 0 Å². The van der Waals surface area contributed by atoms with Gasteiger partial charge < -0.3 is 16.2 Å². The Labute approximate surface area is 95.9 Å². The van der Waals surface area contributed by atoms with E-state index in [2.05, 4.69) is 10.3 Å². The van der Waals surface area contributed by atoms with Gasteiger partial charge in [-0.05, 0) is 25.0 Å². The number of aliphatic hydroxyl groups excluding tert-OH is 1. The van der Waals surface area contributed by atoms with E-state index < -0.39 is 0 Å². The van der Waals surface area contributed by atoms with Crippen molar-refractivity contribution >= 4 is 11.5 Å². The minimum absolute atomic E-state index is 0.106. The Morgan fingerprint density at radius 3 is 2.94 bits per heavy atom. The first kappa shape index (κ1) is 11.2. The lowest BCUT2D eigenvalue weighted by Gasteiger charge is -2.23. The van der Waals surface area contributed by atoms with Gasteiger partial charge in [-0.15, -0.1) is 0 Å². The lowest BCUT2D eigenvalue weighted by molar-refractivity contribution is 0.144. The van der Waals surface area contributed by atoms with Crippen LogP contribution >= 0.6 is 0 Å². The van der Waals surface area contributed by atoms with Crippen LogP contribution in [-0.4, -0.2) is 22.2 Å². The largest absolute Gasteiger partial charge is 0.391 e. The van der Waals surface area contributed by atoms with Gasteiger partial charge in [-0.1, -0.05) is 19.3 Å². The summed E-state index contributed by atoms with van der Waals surface area (Å²) < 4.78 is 0. The number of aromatic nitrogens is 1. The molecule has 1 aliphatic carbocycles. The van der Waals surface area contributed by atoms with Crippen LogP contribution in [0.3, 0.4) is 0 Å². The molecule has 1 heterocycles. The predicted octanol–water partition coefficient (Wildman–Crippen LogP) is 1.77. The summed E-state index contributed by atoms with van der Waals surface area (Å²) in [6.07, 6.45) is 6.74. The van der Waals surface area contributed by atoms with Crippen molar-refractivity contribution in [2.45, 2.75) is 44.2 Å². The highest BCUT2D eigenvalue weighted by Gasteiger charge is 2.21. The van der Waals surface area contributed by atoms with Gasteiger partial charge in [0, 0.05) is 6.20 Å². The lowest BCUT2D eigenvalue weighted by atomic mass is 10.1. The highest BCUT2D eigenvalue weighted by Crippen LogP contribution is 2.23. The molecule has 0 spiro atoms. The van der Waals surface area contributed by atoms with E-state index in [0.29, 0.717) is 5.82 Å². The van der Waals surface area contributed by atoms with E-state index in [1.165, 1.54) is 6.42 Å². The monoisotopic (exact) mass is 221 g/mol. The maximum atomic E-state index is 9.98. The van der Waals surface area contributed by atoms with Crippen LogP contribution in [0, 0.1) is 0 Å². The molecule has 2 atom stereocenters. The molecule has 0 saturated heterocycles. The Morgan fingerprint density at radius 2 is 2.12 bits per heavy atom. The first-order chi connectivity index (χ1) is 7.77. The summed E-state index contributed by atoms with van der Waals surface area (Å²) in [5.74, 6) is 0.499. The van der Waals surface area contributed by atoms with Crippen LogP contribution in [0.15, 0.2) is 18.3 Å². The highest BCUT2D eigenvalue weighted by molar-refractivity contribution is 5.61. The van der Waals surface area contributed by atoms with E-state index in [9.17, 15) is 5.11 Å². The van der Waals surface area contributed by atoms with Crippen molar-refractivity contribution in [2.24, 2.45) is 0 Å². The Kier molecular flexibility index (Phi) is 3.62. The second kappa shape index (κ2) is 5.16. The maximum absolute atomic E-state index is 9.98. The van der Waals surface area contributed by atoms with Crippen LogP contribution < -0.4 is 11.1 Å². The zero-order valence-electron chi connectivity index (χ0n) is 9.39. The van der Waals surface area contributed by atoms with Crippen LogP contribution in [-0.2, 0) is 0 Å². The predicted molar refractivity (Wildman–Crippen MR) is 65.2 cm³/mol. The van der Waals surface area contributed by atoms with Gasteiger partial charge in [-0.2, -0.15) is 0 Å². The van der Waals surface area contributed by atoms with Crippen LogP contribution in [0.1, 0.15) is 32.1 Å². The van der Waals surface area contributed by atoms with E-state index in [1.807, 2.05) is 12.1 Å². The van der Waals surface area contributed by atoms with Crippen LogP contribution in [0.2, 0.25) is 0 Å². The molecule has 1 aliphatic rings. The van der Waals surface area contributed by atoms with Crippen molar-refractivity contribution in [2.75, 3.05) is 11.1 Å². The quantitative estimate of drug-likeness (QED) is 0.666. The number of nitrogens with one attached hydrogen (secondary N) is 1. The molecule has 1 saturated carbocycles. The van der Waals surface area contributed by atoms with Crippen molar-refractivity contribution in [1.29, 1.82) is 0 Å². The SMILES string of the molecule is Nc1ncccc1NC1CCCCCC1O. The number of hydrogen-bond donors (Lipinski definition) is 3. The van der Waals surface area contributed by atoms with Crippen molar-refractivity contribution in [1.82, 2.24) is 4.98 Å². The number of pyridine rings is 1.